The van der Waals surface area contributed by atoms with Gasteiger partial charge in [-0.15, -0.1) is 0 Å². The Hall–Kier alpha value is -1.14. The highest BCUT2D eigenvalue weighted by molar-refractivity contribution is 7.51. The molecule has 1 heterocycles. The van der Waals surface area contributed by atoms with Crippen LogP contribution >= 0.6 is 15.4 Å². The minimum Gasteiger partial charge on any atom is -0.376 e. The van der Waals surface area contributed by atoms with Gasteiger partial charge in [0.2, 0.25) is 0 Å². The average Bonchev–Trinajstić information content (AvgIpc) is 2.47. The van der Waals surface area contributed by atoms with Crippen molar-refractivity contribution in [1.82, 2.24) is 9.55 Å². The topological polar surface area (TPSA) is 187 Å². The summed E-state index contributed by atoms with van der Waals surface area (Å²) >= 11 is 0. The highest BCUT2D eigenvalue weighted by Crippen LogP contribution is 2.43. The van der Waals surface area contributed by atoms with Crippen LogP contribution in [0.2, 0.25) is 0 Å². The number of nitrogens with one attached hydrogen (secondary N) is 1. The number of nitrogens with zero attached hydrogens (tertiary/aromatic N) is 1. The first kappa shape index (κ1) is 22.9. The molecule has 0 radical (unpaired) electrons. The predicted molar refractivity (Wildman–Crippen MR) is 86.8 cm³/mol. The highest BCUT2D eigenvalue weighted by Gasteiger charge is 2.38. The Kier molecular flexibility index (Phi) is 8.08. The van der Waals surface area contributed by atoms with E-state index >= 15 is 0 Å². The SMILES string of the molecule is CO[C@H]([C@H](OP(C)(=O)O)[C@@H](COP(=O)(O)O)OC)n1ccc(=O)[nH]c1=O. The van der Waals surface area contributed by atoms with Gasteiger partial charge in [-0.25, -0.2) is 9.36 Å². The molecule has 0 aliphatic carbocycles. The second-order valence-electron chi connectivity index (χ2n) is 5.08. The molecule has 0 aliphatic rings. The van der Waals surface area contributed by atoms with E-state index < -0.39 is 51.7 Å². The lowest BCUT2D eigenvalue weighted by atomic mass is 10.2. The van der Waals surface area contributed by atoms with Crippen molar-refractivity contribution < 1.29 is 42.3 Å². The number of phosphoric acid groups is 1. The molecule has 26 heavy (non-hydrogen) atoms. The number of ether oxygens (including phenoxy) is 2. The number of rotatable bonds is 10. The summed E-state index contributed by atoms with van der Waals surface area (Å²) in [6.45, 7) is 0.113. The minimum absolute atomic E-state index is 0.685. The maximum absolute atomic E-state index is 12.0. The van der Waals surface area contributed by atoms with Crippen molar-refractivity contribution >= 4 is 15.4 Å². The molecule has 1 unspecified atom stereocenters. The summed E-state index contributed by atoms with van der Waals surface area (Å²) in [6, 6.07) is 1.00. The van der Waals surface area contributed by atoms with Crippen LogP contribution in [0.15, 0.2) is 21.9 Å². The molecule has 1 aromatic heterocycles. The summed E-state index contributed by atoms with van der Waals surface area (Å²) in [4.78, 5) is 52.4. The molecule has 13 nitrogen and oxygen atoms in total. The van der Waals surface area contributed by atoms with E-state index in [0.29, 0.717) is 0 Å². The average molecular weight is 418 g/mol. The Bertz CT molecular complexity index is 794. The molecular weight excluding hydrogens is 398 g/mol. The van der Waals surface area contributed by atoms with Crippen LogP contribution in [-0.4, -0.2) is 63.9 Å². The molecule has 0 bridgehead atoms. The van der Waals surface area contributed by atoms with Crippen molar-refractivity contribution in [2.45, 2.75) is 18.4 Å². The van der Waals surface area contributed by atoms with E-state index in [1.54, 1.807) is 0 Å². The fraction of sp³-hybridized carbons (Fsp3) is 0.636. The van der Waals surface area contributed by atoms with Gasteiger partial charge in [0, 0.05) is 33.1 Å². The number of hydrogen-bond acceptors (Lipinski definition) is 8. The van der Waals surface area contributed by atoms with Crippen molar-refractivity contribution in [3.63, 3.8) is 0 Å². The van der Waals surface area contributed by atoms with Crippen LogP contribution in [0, 0.1) is 0 Å². The highest BCUT2D eigenvalue weighted by atomic mass is 31.2. The Morgan fingerprint density at radius 2 is 1.81 bits per heavy atom. The standard InChI is InChI=1S/C11H20N2O11P2/c1-21-7(6-23-26(18,19)20)9(24-25(3,16)17)10(22-2)13-5-4-8(14)12-11(13)15/h4-5,7,9-10H,6H2,1-3H3,(H,16,17)(H,12,14,15)(H2,18,19,20)/t7-,9-,10-/m1/s1. The second-order valence-corrected chi connectivity index (χ2v) is 8.13. The van der Waals surface area contributed by atoms with Crippen LogP contribution in [-0.2, 0) is 27.7 Å². The molecule has 4 N–H and O–H groups in total. The lowest BCUT2D eigenvalue weighted by Crippen LogP contribution is -2.45. The van der Waals surface area contributed by atoms with E-state index in [-0.39, 0.29) is 0 Å². The molecule has 0 saturated heterocycles. The Labute approximate surface area is 147 Å². The van der Waals surface area contributed by atoms with E-state index in [0.717, 1.165) is 37.7 Å². The van der Waals surface area contributed by atoms with Crippen molar-refractivity contribution in [2.75, 3.05) is 27.5 Å². The van der Waals surface area contributed by atoms with Gasteiger partial charge >= 0.3 is 21.1 Å². The van der Waals surface area contributed by atoms with E-state index in [9.17, 15) is 23.6 Å². The fourth-order valence-electron chi connectivity index (χ4n) is 2.03. The van der Waals surface area contributed by atoms with Crippen LogP contribution in [0.5, 0.6) is 0 Å². The molecule has 0 aromatic carbocycles. The van der Waals surface area contributed by atoms with E-state index in [2.05, 4.69) is 4.52 Å². The second kappa shape index (κ2) is 9.18. The molecule has 150 valence electrons. The Balaban J connectivity index is 3.31. The quantitative estimate of drug-likeness (QED) is 0.342. The number of aromatic nitrogens is 2. The zero-order valence-corrected chi connectivity index (χ0v) is 15.8. The summed E-state index contributed by atoms with van der Waals surface area (Å²) in [5.41, 5.74) is -1.59. The minimum atomic E-state index is -4.87. The van der Waals surface area contributed by atoms with Crippen molar-refractivity contribution in [1.29, 1.82) is 0 Å². The molecule has 15 heteroatoms. The molecule has 0 amide bonds. The molecule has 4 atom stereocenters. The van der Waals surface area contributed by atoms with Crippen molar-refractivity contribution in [3.05, 3.63) is 33.1 Å². The van der Waals surface area contributed by atoms with Gasteiger partial charge in [0.1, 0.15) is 12.2 Å². The number of phosphoric ester groups is 1. The lowest BCUT2D eigenvalue weighted by molar-refractivity contribution is -0.121. The first-order valence-corrected chi connectivity index (χ1v) is 10.5. The van der Waals surface area contributed by atoms with Gasteiger partial charge in [-0.1, -0.05) is 0 Å². The Morgan fingerprint density at radius 3 is 2.23 bits per heavy atom. The third kappa shape index (κ3) is 7.23. The van der Waals surface area contributed by atoms with Gasteiger partial charge in [-0.05, 0) is 0 Å². The van der Waals surface area contributed by atoms with E-state index in [1.165, 1.54) is 0 Å². The van der Waals surface area contributed by atoms with Crippen LogP contribution in [0.25, 0.3) is 0 Å². The maximum atomic E-state index is 12.0. The van der Waals surface area contributed by atoms with Gasteiger partial charge in [-0.3, -0.25) is 28.0 Å². The summed E-state index contributed by atoms with van der Waals surface area (Å²) in [6.07, 6.45) is -3.18. The largest absolute Gasteiger partial charge is 0.469 e. The molecule has 0 spiro atoms. The van der Waals surface area contributed by atoms with Crippen molar-refractivity contribution in [2.24, 2.45) is 0 Å². The number of hydrogen-bond donors (Lipinski definition) is 4. The first-order valence-electron chi connectivity index (χ1n) is 6.93. The van der Waals surface area contributed by atoms with Gasteiger partial charge in [-0.2, -0.15) is 0 Å². The van der Waals surface area contributed by atoms with Crippen LogP contribution in [0.3, 0.4) is 0 Å². The van der Waals surface area contributed by atoms with Crippen molar-refractivity contribution in [3.8, 4) is 0 Å². The zero-order chi connectivity index (χ0) is 20.1. The van der Waals surface area contributed by atoms with E-state index in [1.807, 2.05) is 4.98 Å². The van der Waals surface area contributed by atoms with Crippen LogP contribution in [0.4, 0.5) is 0 Å². The van der Waals surface area contributed by atoms with Gasteiger partial charge < -0.3 is 24.2 Å². The zero-order valence-electron chi connectivity index (χ0n) is 14.0. The van der Waals surface area contributed by atoms with Gasteiger partial charge in [0.15, 0.2) is 6.23 Å². The maximum Gasteiger partial charge on any atom is 0.469 e. The lowest BCUT2D eigenvalue weighted by Gasteiger charge is -2.32. The van der Waals surface area contributed by atoms with Gasteiger partial charge in [0.25, 0.3) is 5.56 Å². The van der Waals surface area contributed by atoms with Crippen LogP contribution in [0.1, 0.15) is 6.23 Å². The fourth-order valence-corrected chi connectivity index (χ4v) is 3.06. The molecule has 0 saturated carbocycles. The predicted octanol–water partition coefficient (Wildman–Crippen LogP) is -0.994. The first-order chi connectivity index (χ1) is 11.9. The third-order valence-electron chi connectivity index (χ3n) is 3.04. The summed E-state index contributed by atoms with van der Waals surface area (Å²) in [7, 11) is -6.76. The summed E-state index contributed by atoms with van der Waals surface area (Å²) < 4.78 is 43.0. The smallest absolute Gasteiger partial charge is 0.376 e. The number of H-pyrrole nitrogens is 1. The van der Waals surface area contributed by atoms with E-state index in [4.69, 9.17) is 23.8 Å². The molecule has 0 fully saturated rings. The number of aromatic amines is 1. The van der Waals surface area contributed by atoms with Crippen LogP contribution < -0.4 is 11.2 Å². The molecule has 1 aromatic rings. The number of methoxy groups -OCH3 is 2. The molecule has 0 aliphatic heterocycles. The third-order valence-corrected chi connectivity index (χ3v) is 4.16. The summed E-state index contributed by atoms with van der Waals surface area (Å²) in [5, 5.41) is 0. The molecular formula is C11H20N2O11P2. The summed E-state index contributed by atoms with van der Waals surface area (Å²) in [5.74, 6) is 0. The normalized spacial score (nSPS) is 18.1. The Morgan fingerprint density at radius 1 is 1.19 bits per heavy atom. The van der Waals surface area contributed by atoms with Gasteiger partial charge in [0.05, 0.1) is 6.61 Å². The molecule has 1 rings (SSSR count). The monoisotopic (exact) mass is 418 g/mol.